The maximum Gasteiger partial charge on any atom is 0.428 e. The van der Waals surface area contributed by atoms with Crippen molar-refractivity contribution in [2.24, 2.45) is 7.05 Å². The number of rotatable bonds is 6. The van der Waals surface area contributed by atoms with E-state index in [1.807, 2.05) is 31.2 Å². The van der Waals surface area contributed by atoms with Gasteiger partial charge >= 0.3 is 6.18 Å². The quantitative estimate of drug-likeness (QED) is 0.399. The molecule has 0 saturated heterocycles. The monoisotopic (exact) mass is 468 g/mol. The van der Waals surface area contributed by atoms with Crippen molar-refractivity contribution in [3.63, 3.8) is 0 Å². The van der Waals surface area contributed by atoms with Gasteiger partial charge in [0.05, 0.1) is 12.6 Å². The molecule has 4 rings (SSSR count). The summed E-state index contributed by atoms with van der Waals surface area (Å²) in [5.74, 6) is -0.668. The number of aryl methyl sites for hydroxylation is 2. The Kier molecular flexibility index (Phi) is 5.95. The van der Waals surface area contributed by atoms with Crippen molar-refractivity contribution >= 4 is 16.8 Å². The number of ketones is 1. The minimum absolute atomic E-state index is 0.114. The number of carbonyl (C=O) groups is 1. The first kappa shape index (κ1) is 23.5. The Morgan fingerprint density at radius 3 is 2.38 bits per heavy atom. The van der Waals surface area contributed by atoms with Crippen molar-refractivity contribution in [3.05, 3.63) is 94.8 Å². The maximum absolute atomic E-state index is 14.3. The molecule has 8 heteroatoms. The van der Waals surface area contributed by atoms with Gasteiger partial charge in [-0.2, -0.15) is 13.2 Å². The van der Waals surface area contributed by atoms with Crippen molar-refractivity contribution < 1.29 is 27.8 Å². The Bertz CT molecular complexity index is 1360. The van der Waals surface area contributed by atoms with Gasteiger partial charge in [0, 0.05) is 24.6 Å². The number of nitrogens with zero attached hydrogens (tertiary/aromatic N) is 2. The number of hydrogen-bond acceptors (Lipinski definition) is 4. The van der Waals surface area contributed by atoms with Crippen LogP contribution in [0.3, 0.4) is 0 Å². The summed E-state index contributed by atoms with van der Waals surface area (Å²) in [6.07, 6.45) is -4.94. The molecule has 34 heavy (non-hydrogen) atoms. The van der Waals surface area contributed by atoms with Crippen molar-refractivity contribution in [2.75, 3.05) is 7.11 Å². The van der Waals surface area contributed by atoms with Crippen LogP contribution in [0.1, 0.15) is 32.9 Å². The summed E-state index contributed by atoms with van der Waals surface area (Å²) in [7, 11) is 2.74. The molecule has 4 aromatic rings. The third-order valence-corrected chi connectivity index (χ3v) is 5.85. The number of ether oxygens (including phenoxy) is 1. The van der Waals surface area contributed by atoms with Crippen molar-refractivity contribution in [3.8, 4) is 5.75 Å². The van der Waals surface area contributed by atoms with Crippen LogP contribution in [0.5, 0.6) is 5.75 Å². The number of Topliss-reactive ketones (excluding diaryl/α,β-unsaturated/α-hetero) is 1. The van der Waals surface area contributed by atoms with Crippen LogP contribution in [-0.2, 0) is 19.1 Å². The predicted molar refractivity (Wildman–Crippen MR) is 122 cm³/mol. The summed E-state index contributed by atoms with van der Waals surface area (Å²) in [5, 5.41) is 11.0. The number of aliphatic hydroxyl groups is 1. The average molecular weight is 468 g/mol. The largest absolute Gasteiger partial charge is 0.494 e. The highest BCUT2D eigenvalue weighted by atomic mass is 19.4. The molecule has 1 atom stereocenters. The third kappa shape index (κ3) is 3.94. The summed E-state index contributed by atoms with van der Waals surface area (Å²) >= 11 is 0. The number of methoxy groups -OCH3 is 1. The van der Waals surface area contributed by atoms with E-state index in [1.54, 1.807) is 6.07 Å². The number of hydrogen-bond donors (Lipinski definition) is 1. The average Bonchev–Trinajstić information content (AvgIpc) is 3.14. The first-order valence-corrected chi connectivity index (χ1v) is 10.5. The lowest BCUT2D eigenvalue weighted by molar-refractivity contribution is -0.251. The Morgan fingerprint density at radius 1 is 1.06 bits per heavy atom. The van der Waals surface area contributed by atoms with Gasteiger partial charge in [0.2, 0.25) is 5.60 Å². The molecule has 3 aromatic carbocycles. The molecule has 0 bridgehead atoms. The molecular weight excluding hydrogens is 445 g/mol. The van der Waals surface area contributed by atoms with E-state index in [0.717, 1.165) is 15.7 Å². The zero-order chi connectivity index (χ0) is 24.7. The van der Waals surface area contributed by atoms with Gasteiger partial charge in [-0.25, -0.2) is 4.98 Å². The topological polar surface area (TPSA) is 64.3 Å². The lowest BCUT2D eigenvalue weighted by Gasteiger charge is -2.30. The van der Waals surface area contributed by atoms with Crippen molar-refractivity contribution in [1.29, 1.82) is 0 Å². The van der Waals surface area contributed by atoms with Crippen LogP contribution >= 0.6 is 0 Å². The smallest absolute Gasteiger partial charge is 0.428 e. The number of imidazole rings is 1. The Labute approximate surface area is 194 Å². The van der Waals surface area contributed by atoms with Crippen molar-refractivity contribution in [2.45, 2.75) is 25.1 Å². The normalized spacial score (nSPS) is 13.6. The van der Waals surface area contributed by atoms with Gasteiger partial charge in [-0.3, -0.25) is 4.79 Å². The first-order valence-electron chi connectivity index (χ1n) is 10.5. The molecule has 176 valence electrons. The fourth-order valence-electron chi connectivity index (χ4n) is 4.16. The Hall–Kier alpha value is -3.65. The highest BCUT2D eigenvalue weighted by Crippen LogP contribution is 2.45. The van der Waals surface area contributed by atoms with Gasteiger partial charge in [-0.05, 0) is 24.6 Å². The first-order chi connectivity index (χ1) is 16.1. The SMILES string of the molecule is COc1cc(C(=O)Cc2cccc(C)c2)cc2nc(C(O)(c3ccccc3)C(F)(F)F)n(C)c12. The van der Waals surface area contributed by atoms with E-state index in [2.05, 4.69) is 4.98 Å². The second-order valence-corrected chi connectivity index (χ2v) is 8.20. The fourth-order valence-corrected chi connectivity index (χ4v) is 4.16. The number of halogens is 3. The molecule has 1 N–H and O–H groups in total. The number of fused-ring (bicyclic) bond motifs is 1. The van der Waals surface area contributed by atoms with Crippen LogP contribution in [0.25, 0.3) is 11.0 Å². The van der Waals surface area contributed by atoms with Crippen LogP contribution in [0.4, 0.5) is 13.2 Å². The molecule has 0 amide bonds. The van der Waals surface area contributed by atoms with Crippen LogP contribution < -0.4 is 4.74 Å². The number of carbonyl (C=O) groups excluding carboxylic acids is 1. The molecule has 1 unspecified atom stereocenters. The van der Waals surface area contributed by atoms with E-state index in [9.17, 15) is 23.1 Å². The molecule has 0 radical (unpaired) electrons. The standard InChI is InChI=1S/C26H23F3N2O3/c1-16-8-7-9-17(12-16)13-21(32)18-14-20-23(22(15-18)34-3)31(2)24(30-20)25(33,26(27,28)29)19-10-5-4-6-11-19/h4-12,14-15,33H,13H2,1-3H3. The molecule has 0 aliphatic carbocycles. The third-order valence-electron chi connectivity index (χ3n) is 5.85. The Morgan fingerprint density at radius 2 is 1.76 bits per heavy atom. The lowest BCUT2D eigenvalue weighted by Crippen LogP contribution is -2.45. The molecule has 5 nitrogen and oxygen atoms in total. The van der Waals surface area contributed by atoms with E-state index in [0.29, 0.717) is 0 Å². The summed E-state index contributed by atoms with van der Waals surface area (Å²) in [4.78, 5) is 17.1. The van der Waals surface area contributed by atoms with Gasteiger partial charge in [0.1, 0.15) is 11.3 Å². The molecule has 0 fully saturated rings. The van der Waals surface area contributed by atoms with E-state index >= 15 is 0 Å². The molecule has 0 saturated carbocycles. The lowest BCUT2D eigenvalue weighted by atomic mass is 9.92. The van der Waals surface area contributed by atoms with E-state index < -0.39 is 17.6 Å². The number of aromatic nitrogens is 2. The zero-order valence-corrected chi connectivity index (χ0v) is 18.8. The van der Waals surface area contributed by atoms with Crippen LogP contribution in [-0.4, -0.2) is 33.7 Å². The second kappa shape index (κ2) is 8.61. The molecule has 0 aliphatic rings. The fraction of sp³-hybridized carbons (Fsp3) is 0.231. The summed E-state index contributed by atoms with van der Waals surface area (Å²) in [5.41, 5.74) is -1.28. The number of benzene rings is 3. The van der Waals surface area contributed by atoms with Crippen molar-refractivity contribution in [1.82, 2.24) is 9.55 Å². The van der Waals surface area contributed by atoms with E-state index in [4.69, 9.17) is 4.74 Å². The predicted octanol–water partition coefficient (Wildman–Crippen LogP) is 5.11. The van der Waals surface area contributed by atoms with Gasteiger partial charge in [0.15, 0.2) is 11.6 Å². The highest BCUT2D eigenvalue weighted by molar-refractivity contribution is 6.01. The van der Waals surface area contributed by atoms with Crippen LogP contribution in [0.2, 0.25) is 0 Å². The van der Waals surface area contributed by atoms with Gasteiger partial charge in [-0.15, -0.1) is 0 Å². The number of alkyl halides is 3. The van der Waals surface area contributed by atoms with Gasteiger partial charge < -0.3 is 14.4 Å². The molecule has 0 spiro atoms. The van der Waals surface area contributed by atoms with Gasteiger partial charge in [-0.1, -0.05) is 60.2 Å². The Balaban J connectivity index is 1.86. The maximum atomic E-state index is 14.3. The summed E-state index contributed by atoms with van der Waals surface area (Å²) in [6.45, 7) is 1.92. The minimum Gasteiger partial charge on any atom is -0.494 e. The molecule has 1 aromatic heterocycles. The summed E-state index contributed by atoms with van der Waals surface area (Å²) in [6, 6.07) is 17.2. The van der Waals surface area contributed by atoms with Crippen LogP contribution in [0.15, 0.2) is 66.7 Å². The van der Waals surface area contributed by atoms with Crippen LogP contribution in [0, 0.1) is 6.92 Å². The highest BCUT2D eigenvalue weighted by Gasteiger charge is 2.59. The van der Waals surface area contributed by atoms with E-state index in [1.165, 1.54) is 50.6 Å². The van der Waals surface area contributed by atoms with E-state index in [-0.39, 0.29) is 40.1 Å². The molecule has 0 aliphatic heterocycles. The minimum atomic E-state index is -5.06. The second-order valence-electron chi connectivity index (χ2n) is 8.20. The van der Waals surface area contributed by atoms with Gasteiger partial charge in [0.25, 0.3) is 0 Å². The molecule has 1 heterocycles. The molecular formula is C26H23F3N2O3. The summed E-state index contributed by atoms with van der Waals surface area (Å²) < 4.78 is 49.3. The zero-order valence-electron chi connectivity index (χ0n) is 18.8.